The van der Waals surface area contributed by atoms with Crippen LogP contribution in [0.4, 0.5) is 0 Å². The fourth-order valence-corrected chi connectivity index (χ4v) is 3.70. The number of thioether (sulfide) groups is 2. The summed E-state index contributed by atoms with van der Waals surface area (Å²) >= 11 is 3.87. The normalized spacial score (nSPS) is 17.1. The van der Waals surface area contributed by atoms with Crippen LogP contribution in [0.5, 0.6) is 0 Å². The maximum Gasteiger partial charge on any atom is 0.100 e. The molecule has 2 atom stereocenters. The van der Waals surface area contributed by atoms with Crippen molar-refractivity contribution in [3.05, 3.63) is 30.1 Å². The van der Waals surface area contributed by atoms with Gasteiger partial charge in [0.25, 0.3) is 0 Å². The molecule has 1 heterocycles. The Labute approximate surface area is 101 Å². The summed E-state index contributed by atoms with van der Waals surface area (Å²) in [4.78, 5) is 4.47. The lowest BCUT2D eigenvalue weighted by atomic mass is 10.3. The van der Waals surface area contributed by atoms with Gasteiger partial charge in [-0.3, -0.25) is 4.98 Å². The van der Waals surface area contributed by atoms with Crippen LogP contribution < -0.4 is 0 Å². The molecule has 0 radical (unpaired) electrons. The summed E-state index contributed by atoms with van der Waals surface area (Å²) in [5.41, 5.74) is 1.17. The molecule has 1 aromatic rings. The Morgan fingerprint density at radius 1 is 1.47 bits per heavy atom. The second kappa shape index (κ2) is 5.80. The predicted molar refractivity (Wildman–Crippen MR) is 72.4 cm³/mol. The van der Waals surface area contributed by atoms with Crippen LogP contribution in [0.1, 0.15) is 32.9 Å². The Bertz CT molecular complexity index is 289. The summed E-state index contributed by atoms with van der Waals surface area (Å²) in [5, 5.41) is 0.671. The van der Waals surface area contributed by atoms with Gasteiger partial charge in [0.05, 0.1) is 5.69 Å². The van der Waals surface area contributed by atoms with Gasteiger partial charge in [0.15, 0.2) is 0 Å². The number of pyridine rings is 1. The summed E-state index contributed by atoms with van der Waals surface area (Å²) in [6.07, 6.45) is 5.23. The molecule has 15 heavy (non-hydrogen) atoms. The summed E-state index contributed by atoms with van der Waals surface area (Å²) in [7, 11) is 0. The molecule has 1 nitrogen and oxygen atoms in total. The fourth-order valence-electron chi connectivity index (χ4n) is 1.31. The molecule has 0 aliphatic heterocycles. The molecule has 0 bridgehead atoms. The van der Waals surface area contributed by atoms with E-state index in [1.807, 2.05) is 35.8 Å². The largest absolute Gasteiger partial charge is 0.259 e. The van der Waals surface area contributed by atoms with E-state index in [2.05, 4.69) is 44.1 Å². The zero-order valence-electron chi connectivity index (χ0n) is 9.86. The van der Waals surface area contributed by atoms with E-state index in [0.29, 0.717) is 5.25 Å². The van der Waals surface area contributed by atoms with Crippen molar-refractivity contribution < 1.29 is 0 Å². The van der Waals surface area contributed by atoms with Crippen molar-refractivity contribution in [3.8, 4) is 0 Å². The van der Waals surface area contributed by atoms with Crippen molar-refractivity contribution in [1.82, 2.24) is 4.98 Å². The highest BCUT2D eigenvalue weighted by molar-refractivity contribution is 8.17. The maximum absolute atomic E-state index is 4.47. The molecular formula is C12H19NS2. The minimum absolute atomic E-state index is 0.0800. The van der Waals surface area contributed by atoms with Gasteiger partial charge < -0.3 is 0 Å². The minimum atomic E-state index is 0.0800. The summed E-state index contributed by atoms with van der Waals surface area (Å²) in [6.45, 7) is 6.77. The van der Waals surface area contributed by atoms with Gasteiger partial charge in [-0.25, -0.2) is 0 Å². The van der Waals surface area contributed by atoms with Crippen molar-refractivity contribution in [2.75, 3.05) is 6.26 Å². The quantitative estimate of drug-likeness (QED) is 0.719. The first-order valence-electron chi connectivity index (χ1n) is 5.27. The zero-order valence-corrected chi connectivity index (χ0v) is 11.5. The van der Waals surface area contributed by atoms with E-state index in [1.165, 1.54) is 12.1 Å². The molecule has 0 saturated heterocycles. The van der Waals surface area contributed by atoms with Crippen LogP contribution in [-0.4, -0.2) is 16.5 Å². The molecule has 0 amide bonds. The van der Waals surface area contributed by atoms with E-state index < -0.39 is 0 Å². The van der Waals surface area contributed by atoms with Gasteiger partial charge in [-0.05, 0) is 31.7 Å². The number of hydrogen-bond acceptors (Lipinski definition) is 3. The van der Waals surface area contributed by atoms with Crippen molar-refractivity contribution in [3.63, 3.8) is 0 Å². The van der Waals surface area contributed by atoms with E-state index in [-0.39, 0.29) is 4.08 Å². The number of aromatic nitrogens is 1. The minimum Gasteiger partial charge on any atom is -0.259 e. The number of rotatable bonds is 5. The van der Waals surface area contributed by atoms with E-state index in [0.717, 1.165) is 0 Å². The number of nitrogens with zero attached hydrogens (tertiary/aromatic N) is 1. The van der Waals surface area contributed by atoms with Crippen LogP contribution in [0.15, 0.2) is 24.4 Å². The summed E-state index contributed by atoms with van der Waals surface area (Å²) < 4.78 is 0.0800. The van der Waals surface area contributed by atoms with Crippen LogP contribution in [0.3, 0.4) is 0 Å². The van der Waals surface area contributed by atoms with E-state index in [4.69, 9.17) is 0 Å². The monoisotopic (exact) mass is 241 g/mol. The van der Waals surface area contributed by atoms with Gasteiger partial charge >= 0.3 is 0 Å². The average Bonchev–Trinajstić information content (AvgIpc) is 2.30. The molecular weight excluding hydrogens is 222 g/mol. The molecule has 2 unspecified atom stereocenters. The second-order valence-corrected chi connectivity index (χ2v) is 7.04. The molecule has 1 rings (SSSR count). The summed E-state index contributed by atoms with van der Waals surface area (Å²) in [6, 6.07) is 6.15. The van der Waals surface area contributed by atoms with Crippen LogP contribution in [-0.2, 0) is 4.08 Å². The third kappa shape index (κ3) is 3.42. The van der Waals surface area contributed by atoms with Crippen LogP contribution in [0, 0.1) is 0 Å². The molecule has 3 heteroatoms. The average molecular weight is 241 g/mol. The first-order valence-corrected chi connectivity index (χ1v) is 7.37. The molecule has 0 spiro atoms. The Morgan fingerprint density at radius 2 is 2.20 bits per heavy atom. The summed E-state index contributed by atoms with van der Waals surface area (Å²) in [5.74, 6) is 0. The van der Waals surface area contributed by atoms with Gasteiger partial charge in [-0.15, -0.1) is 23.5 Å². The molecule has 0 aliphatic carbocycles. The Balaban J connectivity index is 2.85. The third-order valence-corrected chi connectivity index (χ3v) is 5.69. The van der Waals surface area contributed by atoms with Gasteiger partial charge in [-0.1, -0.05) is 19.9 Å². The van der Waals surface area contributed by atoms with E-state index >= 15 is 0 Å². The zero-order chi connectivity index (χ0) is 11.3. The topological polar surface area (TPSA) is 12.9 Å². The smallest absolute Gasteiger partial charge is 0.100 e. The first-order chi connectivity index (χ1) is 7.12. The lowest BCUT2D eigenvalue weighted by molar-refractivity contribution is 0.870. The second-order valence-electron chi connectivity index (χ2n) is 3.70. The first kappa shape index (κ1) is 12.9. The molecule has 0 saturated carbocycles. The van der Waals surface area contributed by atoms with Crippen LogP contribution in [0.2, 0.25) is 0 Å². The van der Waals surface area contributed by atoms with Crippen LogP contribution in [0.25, 0.3) is 0 Å². The molecule has 0 N–H and O–H groups in total. The lowest BCUT2D eigenvalue weighted by Crippen LogP contribution is -2.17. The highest BCUT2D eigenvalue weighted by Crippen LogP contribution is 2.46. The SMILES string of the molecule is CCC(C)SC(C)(SC)c1ccccn1. The van der Waals surface area contributed by atoms with E-state index in [1.54, 1.807) is 0 Å². The Hall–Kier alpha value is -0.150. The molecule has 1 aromatic heterocycles. The molecule has 0 fully saturated rings. The molecule has 0 aromatic carbocycles. The van der Waals surface area contributed by atoms with Gasteiger partial charge in [-0.2, -0.15) is 0 Å². The highest BCUT2D eigenvalue weighted by Gasteiger charge is 2.29. The maximum atomic E-state index is 4.47. The Morgan fingerprint density at radius 3 is 2.67 bits per heavy atom. The Kier molecular flexibility index (Phi) is 5.00. The number of hydrogen-bond donors (Lipinski definition) is 0. The van der Waals surface area contributed by atoms with Crippen molar-refractivity contribution in [1.29, 1.82) is 0 Å². The standard InChI is InChI=1S/C12H19NS2/c1-5-10(2)15-12(3,14-4)11-8-6-7-9-13-11/h6-10H,5H2,1-4H3. The fraction of sp³-hybridized carbons (Fsp3) is 0.583. The van der Waals surface area contributed by atoms with Crippen LogP contribution >= 0.6 is 23.5 Å². The third-order valence-electron chi connectivity index (χ3n) is 2.52. The van der Waals surface area contributed by atoms with E-state index in [9.17, 15) is 0 Å². The highest BCUT2D eigenvalue weighted by atomic mass is 32.2. The van der Waals surface area contributed by atoms with Gasteiger partial charge in [0.2, 0.25) is 0 Å². The molecule has 84 valence electrons. The predicted octanol–water partition coefficient (Wildman–Crippen LogP) is 4.15. The van der Waals surface area contributed by atoms with Crippen molar-refractivity contribution >= 4 is 23.5 Å². The van der Waals surface area contributed by atoms with Crippen molar-refractivity contribution in [2.45, 2.75) is 36.5 Å². The van der Waals surface area contributed by atoms with Crippen molar-refractivity contribution in [2.24, 2.45) is 0 Å². The molecule has 0 aliphatic rings. The lowest BCUT2D eigenvalue weighted by Gasteiger charge is -2.29. The van der Waals surface area contributed by atoms with Gasteiger partial charge in [0, 0.05) is 11.4 Å². The van der Waals surface area contributed by atoms with Gasteiger partial charge in [0.1, 0.15) is 4.08 Å².